The number of hydrogen-bond acceptors (Lipinski definition) is 4. The van der Waals surface area contributed by atoms with Crippen molar-refractivity contribution >= 4 is 0 Å². The van der Waals surface area contributed by atoms with Gasteiger partial charge in [0, 0.05) is 19.1 Å². The lowest BCUT2D eigenvalue weighted by Gasteiger charge is -2.34. The molecule has 40 heavy (non-hydrogen) atoms. The number of likely N-dealkylation sites (tertiary alicyclic amines) is 1. The molecule has 2 aromatic carbocycles. The van der Waals surface area contributed by atoms with Gasteiger partial charge in [0.25, 0.3) is 0 Å². The van der Waals surface area contributed by atoms with Crippen LogP contribution >= 0.6 is 0 Å². The summed E-state index contributed by atoms with van der Waals surface area (Å²) >= 11 is 0. The molecule has 1 aliphatic heterocycles. The second-order valence-electron chi connectivity index (χ2n) is 14.4. The van der Waals surface area contributed by atoms with Gasteiger partial charge in [-0.15, -0.1) is 0 Å². The second kappa shape index (κ2) is 15.5. The summed E-state index contributed by atoms with van der Waals surface area (Å²) in [6.45, 7) is 18.0. The smallest absolute Gasteiger partial charge is 0.0789 e. The topological polar surface area (TPSA) is 61.5 Å². The molecule has 1 fully saturated rings. The molecule has 0 radical (unpaired) electrons. The number of piperidine rings is 1. The molecule has 0 spiro atoms. The third-order valence-electron chi connectivity index (χ3n) is 8.82. The molecular weight excluding hydrogens is 490 g/mol. The van der Waals surface area contributed by atoms with Crippen LogP contribution in [0, 0.1) is 5.92 Å². The largest absolute Gasteiger partial charge is 0.390 e. The van der Waals surface area contributed by atoms with E-state index >= 15 is 0 Å². The first kappa shape index (κ1) is 32.8. The highest BCUT2D eigenvalue weighted by atomic mass is 16.3. The molecule has 0 aliphatic carbocycles. The fourth-order valence-electron chi connectivity index (χ4n) is 5.88. The third-order valence-corrected chi connectivity index (χ3v) is 8.82. The molecule has 224 valence electrons. The van der Waals surface area contributed by atoms with E-state index in [0.717, 1.165) is 38.4 Å². The molecule has 2 aromatic rings. The summed E-state index contributed by atoms with van der Waals surface area (Å²) in [6.07, 6.45) is 9.22. The average molecular weight is 550 g/mol. The van der Waals surface area contributed by atoms with Gasteiger partial charge in [-0.05, 0) is 110 Å². The monoisotopic (exact) mass is 549 g/mol. The summed E-state index contributed by atoms with van der Waals surface area (Å²) in [5.41, 5.74) is 11.8. The van der Waals surface area contributed by atoms with Crippen LogP contribution in [0.2, 0.25) is 0 Å². The Hall–Kier alpha value is -1.72. The maximum Gasteiger partial charge on any atom is 0.0789 e. The lowest BCUT2D eigenvalue weighted by molar-refractivity contribution is 0.0933. The predicted octanol–water partition coefficient (Wildman–Crippen LogP) is 6.62. The maximum absolute atomic E-state index is 9.90. The number of nitrogens with zero attached hydrogens (tertiary/aromatic N) is 1. The molecule has 4 heteroatoms. The summed E-state index contributed by atoms with van der Waals surface area (Å²) in [5, 5.41) is 13.9. The second-order valence-corrected chi connectivity index (χ2v) is 14.4. The Balaban J connectivity index is 1.49. The van der Waals surface area contributed by atoms with Crippen molar-refractivity contribution in [2.75, 3.05) is 32.7 Å². The minimum Gasteiger partial charge on any atom is -0.390 e. The molecule has 1 unspecified atom stereocenters. The molecule has 1 heterocycles. The van der Waals surface area contributed by atoms with Crippen LogP contribution in [0.5, 0.6) is 0 Å². The van der Waals surface area contributed by atoms with Crippen LogP contribution in [0.3, 0.4) is 0 Å². The van der Waals surface area contributed by atoms with E-state index in [-0.39, 0.29) is 10.8 Å². The van der Waals surface area contributed by atoms with E-state index in [9.17, 15) is 5.11 Å². The number of nitrogens with one attached hydrogen (secondary N) is 1. The van der Waals surface area contributed by atoms with Crippen molar-refractivity contribution in [2.45, 2.75) is 116 Å². The van der Waals surface area contributed by atoms with Crippen LogP contribution in [-0.2, 0) is 23.7 Å². The molecule has 4 N–H and O–H groups in total. The first-order valence-electron chi connectivity index (χ1n) is 16.0. The Morgan fingerprint density at radius 2 is 1.25 bits per heavy atom. The first-order chi connectivity index (χ1) is 18.9. The van der Waals surface area contributed by atoms with E-state index in [1.807, 2.05) is 0 Å². The summed E-state index contributed by atoms with van der Waals surface area (Å²) in [6, 6.07) is 19.2. The summed E-state index contributed by atoms with van der Waals surface area (Å²) in [5.74, 6) is 0.726. The molecule has 0 amide bonds. The molecule has 1 saturated heterocycles. The molecular formula is C36H59N3O. The van der Waals surface area contributed by atoms with E-state index < -0.39 is 6.10 Å². The Bertz CT molecular complexity index is 900. The van der Waals surface area contributed by atoms with E-state index in [1.54, 1.807) is 0 Å². The highest BCUT2D eigenvalue weighted by Crippen LogP contribution is 2.24. The first-order valence-corrected chi connectivity index (χ1v) is 16.0. The van der Waals surface area contributed by atoms with Crippen molar-refractivity contribution in [1.82, 2.24) is 10.2 Å². The van der Waals surface area contributed by atoms with Crippen LogP contribution in [0.4, 0.5) is 0 Å². The fourth-order valence-corrected chi connectivity index (χ4v) is 5.88. The lowest BCUT2D eigenvalue weighted by atomic mass is 9.86. The molecule has 1 aliphatic rings. The Kier molecular flexibility index (Phi) is 12.7. The molecule has 4 nitrogen and oxygen atoms in total. The highest BCUT2D eigenvalue weighted by Gasteiger charge is 2.22. The van der Waals surface area contributed by atoms with Gasteiger partial charge in [0.05, 0.1) is 6.10 Å². The number of aryl methyl sites for hydroxylation is 2. The maximum atomic E-state index is 9.90. The van der Waals surface area contributed by atoms with Gasteiger partial charge in [-0.1, -0.05) is 90.1 Å². The van der Waals surface area contributed by atoms with Crippen LogP contribution in [0.15, 0.2) is 48.5 Å². The van der Waals surface area contributed by atoms with Gasteiger partial charge in [0.1, 0.15) is 0 Å². The quantitative estimate of drug-likeness (QED) is 0.248. The highest BCUT2D eigenvalue weighted by molar-refractivity contribution is 5.28. The minimum absolute atomic E-state index is 0.209. The van der Waals surface area contributed by atoms with Crippen molar-refractivity contribution in [2.24, 2.45) is 11.7 Å². The zero-order valence-corrected chi connectivity index (χ0v) is 26.5. The zero-order valence-electron chi connectivity index (χ0n) is 26.5. The normalized spacial score (nSPS) is 16.5. The van der Waals surface area contributed by atoms with E-state index in [2.05, 4.69) is 100 Å². The zero-order chi connectivity index (χ0) is 29.2. The van der Waals surface area contributed by atoms with Crippen molar-refractivity contribution in [3.63, 3.8) is 0 Å². The SMILES string of the molecule is CC(C)(C)c1ccc(CCCC(CCCc2ccc(C(C)(C)C)cc2)NCC2CCN(CC(O)CN)CC2)cc1. The fraction of sp³-hybridized carbons (Fsp3) is 0.667. The molecule has 0 saturated carbocycles. The number of β-amino-alcohol motifs (C(OH)–C–C–N with tert-alkyl or cyclic N) is 1. The summed E-state index contributed by atoms with van der Waals surface area (Å²) < 4.78 is 0. The van der Waals surface area contributed by atoms with Gasteiger partial charge in [0.2, 0.25) is 0 Å². The molecule has 3 rings (SSSR count). The number of rotatable bonds is 14. The Morgan fingerprint density at radius 1 is 0.800 bits per heavy atom. The lowest BCUT2D eigenvalue weighted by Crippen LogP contribution is -2.43. The summed E-state index contributed by atoms with van der Waals surface area (Å²) in [7, 11) is 0. The summed E-state index contributed by atoms with van der Waals surface area (Å²) in [4.78, 5) is 2.38. The number of aliphatic hydroxyl groups is 1. The van der Waals surface area contributed by atoms with Crippen LogP contribution in [0.1, 0.15) is 102 Å². The van der Waals surface area contributed by atoms with Crippen LogP contribution in [-0.4, -0.2) is 54.9 Å². The van der Waals surface area contributed by atoms with Gasteiger partial charge in [-0.25, -0.2) is 0 Å². The van der Waals surface area contributed by atoms with Gasteiger partial charge in [-0.2, -0.15) is 0 Å². The minimum atomic E-state index is -0.395. The third kappa shape index (κ3) is 11.3. The predicted molar refractivity (Wildman–Crippen MR) is 172 cm³/mol. The van der Waals surface area contributed by atoms with Crippen molar-refractivity contribution in [3.8, 4) is 0 Å². The Labute approximate surface area is 246 Å². The molecule has 0 bridgehead atoms. The van der Waals surface area contributed by atoms with Gasteiger partial charge >= 0.3 is 0 Å². The number of nitrogens with two attached hydrogens (primary N) is 1. The molecule has 0 aromatic heterocycles. The van der Waals surface area contributed by atoms with Gasteiger partial charge < -0.3 is 21.1 Å². The number of hydrogen-bond donors (Lipinski definition) is 3. The van der Waals surface area contributed by atoms with E-state index in [4.69, 9.17) is 5.73 Å². The van der Waals surface area contributed by atoms with Crippen molar-refractivity contribution < 1.29 is 5.11 Å². The molecule has 1 atom stereocenters. The van der Waals surface area contributed by atoms with Crippen LogP contribution in [0.25, 0.3) is 0 Å². The number of benzene rings is 2. The average Bonchev–Trinajstić information content (AvgIpc) is 2.91. The van der Waals surface area contributed by atoms with E-state index in [1.165, 1.54) is 60.8 Å². The van der Waals surface area contributed by atoms with E-state index in [0.29, 0.717) is 19.1 Å². The Morgan fingerprint density at radius 3 is 1.65 bits per heavy atom. The van der Waals surface area contributed by atoms with Crippen LogP contribution < -0.4 is 11.1 Å². The van der Waals surface area contributed by atoms with Crippen molar-refractivity contribution in [3.05, 3.63) is 70.8 Å². The van der Waals surface area contributed by atoms with Gasteiger partial charge in [-0.3, -0.25) is 0 Å². The van der Waals surface area contributed by atoms with Gasteiger partial charge in [0.15, 0.2) is 0 Å². The standard InChI is InChI=1S/C36H59N3O/c1-35(2,3)31-17-13-28(14-18-31)9-7-11-33(12-8-10-29-15-19-32(20-16-29)36(4,5)6)38-26-30-21-23-39(24-22-30)27-34(40)25-37/h13-20,30,33-34,38,40H,7-12,21-27,37H2,1-6H3. The number of aliphatic hydroxyl groups excluding tert-OH is 1. The van der Waals surface area contributed by atoms with Crippen molar-refractivity contribution in [1.29, 1.82) is 0 Å².